The number of hydrogen-bond acceptors (Lipinski definition) is 3. The minimum absolute atomic E-state index is 0.0240. The first-order valence-corrected chi connectivity index (χ1v) is 9.93. The van der Waals surface area contributed by atoms with Crippen LogP contribution in [0.15, 0.2) is 48.5 Å². The summed E-state index contributed by atoms with van der Waals surface area (Å²) in [7, 11) is 0. The van der Waals surface area contributed by atoms with Gasteiger partial charge in [-0.15, -0.1) is 11.8 Å². The van der Waals surface area contributed by atoms with Crippen LogP contribution in [0.4, 0.5) is 5.69 Å². The van der Waals surface area contributed by atoms with Crippen molar-refractivity contribution in [1.82, 2.24) is 4.90 Å². The van der Waals surface area contributed by atoms with Crippen molar-refractivity contribution in [2.75, 3.05) is 11.1 Å². The predicted octanol–water partition coefficient (Wildman–Crippen LogP) is 4.24. The SMILES string of the molecule is CCC1SCC(C(=O)Nc2ccc(C)cc2)N1C(=O)c1ccccc1C. The molecule has 26 heavy (non-hydrogen) atoms. The van der Waals surface area contributed by atoms with E-state index in [0.717, 1.165) is 23.2 Å². The van der Waals surface area contributed by atoms with Gasteiger partial charge >= 0.3 is 0 Å². The first-order valence-electron chi connectivity index (χ1n) is 8.88. The fraction of sp³-hybridized carbons (Fsp3) is 0.333. The highest BCUT2D eigenvalue weighted by Crippen LogP contribution is 2.33. The summed E-state index contributed by atoms with van der Waals surface area (Å²) < 4.78 is 0. The van der Waals surface area contributed by atoms with E-state index < -0.39 is 6.04 Å². The number of amides is 2. The molecule has 1 heterocycles. The molecule has 5 heteroatoms. The van der Waals surface area contributed by atoms with Crippen LogP contribution in [-0.4, -0.2) is 33.9 Å². The zero-order valence-electron chi connectivity index (χ0n) is 15.4. The molecule has 1 N–H and O–H groups in total. The van der Waals surface area contributed by atoms with E-state index >= 15 is 0 Å². The summed E-state index contributed by atoms with van der Waals surface area (Å²) >= 11 is 1.67. The Hall–Kier alpha value is -2.27. The maximum absolute atomic E-state index is 13.2. The van der Waals surface area contributed by atoms with E-state index in [1.807, 2.05) is 62.4 Å². The summed E-state index contributed by atoms with van der Waals surface area (Å²) in [6.07, 6.45) is 0.816. The van der Waals surface area contributed by atoms with Crippen LogP contribution in [0, 0.1) is 13.8 Å². The standard InChI is InChI=1S/C21H24N2O2S/c1-4-19-23(21(25)17-8-6-5-7-15(17)3)18(13-26-19)20(24)22-16-11-9-14(2)10-12-16/h5-12,18-19H,4,13H2,1-3H3,(H,22,24). The topological polar surface area (TPSA) is 49.4 Å². The van der Waals surface area contributed by atoms with E-state index in [2.05, 4.69) is 12.2 Å². The fourth-order valence-electron chi connectivity index (χ4n) is 3.17. The Balaban J connectivity index is 1.83. The molecule has 2 atom stereocenters. The Morgan fingerprint density at radius 3 is 2.46 bits per heavy atom. The number of carbonyl (C=O) groups excluding carboxylic acids is 2. The van der Waals surface area contributed by atoms with Crippen LogP contribution in [0.1, 0.15) is 34.8 Å². The first kappa shape index (κ1) is 18.5. The van der Waals surface area contributed by atoms with Crippen molar-refractivity contribution in [2.24, 2.45) is 0 Å². The van der Waals surface area contributed by atoms with E-state index in [4.69, 9.17) is 0 Å². The van der Waals surface area contributed by atoms with Crippen molar-refractivity contribution in [3.63, 3.8) is 0 Å². The molecule has 0 spiro atoms. The van der Waals surface area contributed by atoms with Crippen molar-refractivity contribution in [1.29, 1.82) is 0 Å². The van der Waals surface area contributed by atoms with Gasteiger partial charge in [0, 0.05) is 17.0 Å². The Kier molecular flexibility index (Phi) is 5.67. The molecule has 0 saturated carbocycles. The largest absolute Gasteiger partial charge is 0.324 e. The van der Waals surface area contributed by atoms with Crippen LogP contribution >= 0.6 is 11.8 Å². The Bertz CT molecular complexity index is 804. The van der Waals surface area contributed by atoms with E-state index in [9.17, 15) is 9.59 Å². The number of hydrogen-bond donors (Lipinski definition) is 1. The summed E-state index contributed by atoms with van der Waals surface area (Å²) in [6.45, 7) is 5.99. The van der Waals surface area contributed by atoms with Gasteiger partial charge in [-0.3, -0.25) is 9.59 Å². The lowest BCUT2D eigenvalue weighted by atomic mass is 10.1. The van der Waals surface area contributed by atoms with Gasteiger partial charge in [0.25, 0.3) is 5.91 Å². The second-order valence-corrected chi connectivity index (χ2v) is 7.81. The number of thioether (sulfide) groups is 1. The third kappa shape index (κ3) is 3.78. The average Bonchev–Trinajstić information content (AvgIpc) is 3.07. The van der Waals surface area contributed by atoms with Crippen LogP contribution in [0.5, 0.6) is 0 Å². The second-order valence-electron chi connectivity index (χ2n) is 6.59. The third-order valence-corrected chi connectivity index (χ3v) is 6.13. The zero-order chi connectivity index (χ0) is 18.7. The minimum Gasteiger partial charge on any atom is -0.324 e. The van der Waals surface area contributed by atoms with Crippen molar-refractivity contribution in [3.05, 3.63) is 65.2 Å². The fourth-order valence-corrected chi connectivity index (χ4v) is 4.52. The molecular weight excluding hydrogens is 344 g/mol. The molecule has 3 rings (SSSR count). The molecule has 1 fully saturated rings. The van der Waals surface area contributed by atoms with Crippen molar-refractivity contribution >= 4 is 29.3 Å². The summed E-state index contributed by atoms with van der Waals surface area (Å²) in [6, 6.07) is 14.8. The molecule has 1 saturated heterocycles. The van der Waals surface area contributed by atoms with E-state index in [0.29, 0.717) is 11.3 Å². The van der Waals surface area contributed by atoms with Gasteiger partial charge in [0.15, 0.2) is 0 Å². The van der Waals surface area contributed by atoms with E-state index in [1.54, 1.807) is 16.7 Å². The molecular formula is C21H24N2O2S. The number of nitrogens with one attached hydrogen (secondary N) is 1. The highest BCUT2D eigenvalue weighted by atomic mass is 32.2. The first-order chi connectivity index (χ1) is 12.5. The van der Waals surface area contributed by atoms with Crippen molar-refractivity contribution in [3.8, 4) is 0 Å². The molecule has 2 unspecified atom stereocenters. The molecule has 2 aromatic rings. The Labute approximate surface area is 159 Å². The molecule has 0 radical (unpaired) electrons. The highest BCUT2D eigenvalue weighted by molar-refractivity contribution is 8.00. The van der Waals surface area contributed by atoms with Gasteiger partial charge < -0.3 is 10.2 Å². The maximum Gasteiger partial charge on any atom is 0.255 e. The summed E-state index contributed by atoms with van der Waals surface area (Å²) in [5.41, 5.74) is 3.50. The van der Waals surface area contributed by atoms with Crippen LogP contribution in [0.2, 0.25) is 0 Å². The number of nitrogens with zero attached hydrogens (tertiary/aromatic N) is 1. The summed E-state index contributed by atoms with van der Waals surface area (Å²) in [4.78, 5) is 27.8. The lowest BCUT2D eigenvalue weighted by Gasteiger charge is -2.29. The number of aryl methyl sites for hydroxylation is 2. The lowest BCUT2D eigenvalue weighted by molar-refractivity contribution is -0.119. The number of rotatable bonds is 4. The number of carbonyl (C=O) groups is 2. The lowest BCUT2D eigenvalue weighted by Crippen LogP contribution is -2.47. The van der Waals surface area contributed by atoms with Crippen LogP contribution in [0.3, 0.4) is 0 Å². The molecule has 136 valence electrons. The van der Waals surface area contributed by atoms with Crippen LogP contribution in [0.25, 0.3) is 0 Å². The quantitative estimate of drug-likeness (QED) is 0.878. The molecule has 4 nitrogen and oxygen atoms in total. The molecule has 2 amide bonds. The van der Waals surface area contributed by atoms with Gasteiger partial charge in [0.1, 0.15) is 6.04 Å². The van der Waals surface area contributed by atoms with Gasteiger partial charge in [0.05, 0.1) is 5.37 Å². The molecule has 1 aliphatic heterocycles. The minimum atomic E-state index is -0.460. The highest BCUT2D eigenvalue weighted by Gasteiger charge is 2.41. The van der Waals surface area contributed by atoms with E-state index in [-0.39, 0.29) is 17.2 Å². The van der Waals surface area contributed by atoms with Gasteiger partial charge in [-0.1, -0.05) is 42.8 Å². The molecule has 0 aliphatic carbocycles. The predicted molar refractivity (Wildman–Crippen MR) is 107 cm³/mol. The molecule has 2 aromatic carbocycles. The van der Waals surface area contributed by atoms with E-state index in [1.165, 1.54) is 0 Å². The normalized spacial score (nSPS) is 19.4. The van der Waals surface area contributed by atoms with Crippen molar-refractivity contribution < 1.29 is 9.59 Å². The molecule has 0 bridgehead atoms. The smallest absolute Gasteiger partial charge is 0.255 e. The second kappa shape index (κ2) is 7.96. The third-order valence-electron chi connectivity index (χ3n) is 4.67. The maximum atomic E-state index is 13.2. The number of anilines is 1. The summed E-state index contributed by atoms with van der Waals surface area (Å²) in [5, 5.41) is 2.98. The Morgan fingerprint density at radius 2 is 1.81 bits per heavy atom. The van der Waals surface area contributed by atoms with Crippen LogP contribution in [-0.2, 0) is 4.79 Å². The van der Waals surface area contributed by atoms with Gasteiger partial charge in [-0.2, -0.15) is 0 Å². The molecule has 1 aliphatic rings. The Morgan fingerprint density at radius 1 is 1.12 bits per heavy atom. The monoisotopic (exact) mass is 368 g/mol. The van der Waals surface area contributed by atoms with Crippen LogP contribution < -0.4 is 5.32 Å². The van der Waals surface area contributed by atoms with Gasteiger partial charge in [-0.25, -0.2) is 0 Å². The zero-order valence-corrected chi connectivity index (χ0v) is 16.2. The average molecular weight is 369 g/mol. The number of benzene rings is 2. The van der Waals surface area contributed by atoms with Gasteiger partial charge in [-0.05, 0) is 44.0 Å². The van der Waals surface area contributed by atoms with Gasteiger partial charge in [0.2, 0.25) is 5.91 Å². The molecule has 0 aromatic heterocycles. The van der Waals surface area contributed by atoms with Crippen molar-refractivity contribution in [2.45, 2.75) is 38.6 Å². The summed E-state index contributed by atoms with van der Waals surface area (Å²) in [5.74, 6) is 0.427.